The van der Waals surface area contributed by atoms with Gasteiger partial charge >= 0.3 is 5.82 Å². The third kappa shape index (κ3) is 6.01. The third-order valence-electron chi connectivity index (χ3n) is 3.50. The highest BCUT2D eigenvalue weighted by molar-refractivity contribution is 7.89. The van der Waals surface area contributed by atoms with Crippen LogP contribution in [0.15, 0.2) is 41.3 Å². The Hall–Kier alpha value is -3.05. The van der Waals surface area contributed by atoms with Crippen molar-refractivity contribution in [2.45, 2.75) is 18.2 Å². The molecule has 0 saturated heterocycles. The van der Waals surface area contributed by atoms with Crippen molar-refractivity contribution >= 4 is 21.7 Å². The Morgan fingerprint density at radius 2 is 1.93 bits per heavy atom. The molecule has 0 bridgehead atoms. The van der Waals surface area contributed by atoms with Crippen LogP contribution in [0.3, 0.4) is 0 Å². The molecule has 144 valence electrons. The number of ether oxygens (including phenoxy) is 1. The molecule has 0 radical (unpaired) electrons. The van der Waals surface area contributed by atoms with E-state index in [4.69, 9.17) is 9.88 Å². The van der Waals surface area contributed by atoms with Crippen LogP contribution in [0.1, 0.15) is 11.3 Å². The second-order valence-corrected chi connectivity index (χ2v) is 7.17. The average Bonchev–Trinajstić information content (AvgIpc) is 2.60. The van der Waals surface area contributed by atoms with Crippen molar-refractivity contribution in [2.24, 2.45) is 5.14 Å². The zero-order valence-corrected chi connectivity index (χ0v) is 15.2. The molecular formula is C16H18N4O6S. The number of aromatic nitrogens is 1. The summed E-state index contributed by atoms with van der Waals surface area (Å²) in [7, 11) is -3.74. The fourth-order valence-corrected chi connectivity index (χ4v) is 2.68. The molecule has 2 rings (SSSR count). The molecule has 11 heteroatoms. The van der Waals surface area contributed by atoms with Gasteiger partial charge in [-0.25, -0.2) is 13.6 Å². The van der Waals surface area contributed by atoms with Gasteiger partial charge in [0.15, 0.2) is 6.61 Å². The van der Waals surface area contributed by atoms with Crippen LogP contribution in [0.4, 0.5) is 5.82 Å². The van der Waals surface area contributed by atoms with E-state index in [9.17, 15) is 23.3 Å². The fourth-order valence-electron chi connectivity index (χ4n) is 2.16. The van der Waals surface area contributed by atoms with E-state index in [-0.39, 0.29) is 17.2 Å². The summed E-state index contributed by atoms with van der Waals surface area (Å²) in [5.74, 6) is -0.983. The van der Waals surface area contributed by atoms with Crippen molar-refractivity contribution in [1.29, 1.82) is 0 Å². The van der Waals surface area contributed by atoms with E-state index in [1.807, 2.05) is 0 Å². The molecule has 0 aliphatic rings. The number of rotatable bonds is 8. The van der Waals surface area contributed by atoms with Gasteiger partial charge in [-0.15, -0.1) is 0 Å². The molecule has 1 heterocycles. The van der Waals surface area contributed by atoms with Crippen LogP contribution in [0.25, 0.3) is 0 Å². The maximum atomic E-state index is 11.8. The van der Waals surface area contributed by atoms with E-state index in [0.29, 0.717) is 12.1 Å². The number of amides is 1. The number of primary sulfonamides is 1. The van der Waals surface area contributed by atoms with Crippen molar-refractivity contribution in [3.05, 3.63) is 57.8 Å². The molecule has 2 aromatic rings. The zero-order chi connectivity index (χ0) is 20.0. The van der Waals surface area contributed by atoms with Crippen LogP contribution in [0, 0.1) is 17.0 Å². The molecule has 0 atom stereocenters. The summed E-state index contributed by atoms with van der Waals surface area (Å²) < 4.78 is 27.5. The SMILES string of the molecule is Cc1ccc(OCC(=O)NCCc2ccc(S(N)(=O)=O)cc2)c([N+](=O)[O-])n1. The first-order valence-electron chi connectivity index (χ1n) is 7.80. The lowest BCUT2D eigenvalue weighted by Crippen LogP contribution is -2.30. The molecule has 0 spiro atoms. The molecule has 0 fully saturated rings. The van der Waals surface area contributed by atoms with Gasteiger partial charge in [0.2, 0.25) is 15.8 Å². The summed E-state index contributed by atoms with van der Waals surface area (Å²) in [6.45, 7) is 1.50. The van der Waals surface area contributed by atoms with Crippen LogP contribution in [0.5, 0.6) is 5.75 Å². The summed E-state index contributed by atoms with van der Waals surface area (Å²) in [4.78, 5) is 25.9. The summed E-state index contributed by atoms with van der Waals surface area (Å²) in [5.41, 5.74) is 1.27. The number of nitrogens with one attached hydrogen (secondary N) is 1. The average molecular weight is 394 g/mol. The molecule has 10 nitrogen and oxygen atoms in total. The van der Waals surface area contributed by atoms with Gasteiger partial charge in [-0.3, -0.25) is 4.79 Å². The number of hydrogen-bond donors (Lipinski definition) is 2. The number of carbonyl (C=O) groups is 1. The van der Waals surface area contributed by atoms with E-state index >= 15 is 0 Å². The topological polar surface area (TPSA) is 155 Å². The normalized spacial score (nSPS) is 11.0. The maximum Gasteiger partial charge on any atom is 0.406 e. The van der Waals surface area contributed by atoms with Crippen molar-refractivity contribution < 1.29 is 22.9 Å². The Bertz CT molecular complexity index is 944. The molecule has 0 aliphatic heterocycles. The molecular weight excluding hydrogens is 376 g/mol. The van der Waals surface area contributed by atoms with E-state index < -0.39 is 33.3 Å². The van der Waals surface area contributed by atoms with Gasteiger partial charge in [0.1, 0.15) is 5.69 Å². The Balaban J connectivity index is 1.83. The maximum absolute atomic E-state index is 11.8. The van der Waals surface area contributed by atoms with Crippen molar-refractivity contribution in [3.8, 4) is 5.75 Å². The van der Waals surface area contributed by atoms with E-state index in [1.54, 1.807) is 25.1 Å². The Morgan fingerprint density at radius 3 is 2.52 bits per heavy atom. The number of benzene rings is 1. The standard InChI is InChI=1S/C16H18N4O6S/c1-11-2-7-14(16(19-11)20(22)23)26-10-15(21)18-9-8-12-3-5-13(6-4-12)27(17,24)25/h2-7H,8-10H2,1H3,(H,18,21)(H2,17,24,25). The number of aryl methyl sites for hydroxylation is 1. The van der Waals surface area contributed by atoms with Gasteiger partial charge in [0.25, 0.3) is 5.91 Å². The number of hydrogen-bond acceptors (Lipinski definition) is 7. The minimum absolute atomic E-state index is 0.0111. The Kier molecular flexibility index (Phi) is 6.42. The minimum atomic E-state index is -3.74. The summed E-state index contributed by atoms with van der Waals surface area (Å²) in [5, 5.41) is 18.6. The Morgan fingerprint density at radius 1 is 1.26 bits per heavy atom. The molecule has 1 aromatic carbocycles. The van der Waals surface area contributed by atoms with Gasteiger partial charge < -0.3 is 20.2 Å². The van der Waals surface area contributed by atoms with Crippen molar-refractivity contribution in [1.82, 2.24) is 10.3 Å². The molecule has 27 heavy (non-hydrogen) atoms. The van der Waals surface area contributed by atoms with E-state index in [0.717, 1.165) is 5.56 Å². The summed E-state index contributed by atoms with van der Waals surface area (Å²) >= 11 is 0. The fraction of sp³-hybridized carbons (Fsp3) is 0.250. The molecule has 0 unspecified atom stereocenters. The smallest absolute Gasteiger partial charge is 0.406 e. The number of nitrogens with two attached hydrogens (primary N) is 1. The van der Waals surface area contributed by atoms with Gasteiger partial charge in [0, 0.05) is 13.5 Å². The second-order valence-electron chi connectivity index (χ2n) is 5.61. The van der Waals surface area contributed by atoms with Gasteiger partial charge in [-0.2, -0.15) is 0 Å². The van der Waals surface area contributed by atoms with Crippen LogP contribution < -0.4 is 15.2 Å². The monoisotopic (exact) mass is 394 g/mol. The number of pyridine rings is 1. The highest BCUT2D eigenvalue weighted by atomic mass is 32.2. The quantitative estimate of drug-likeness (QED) is 0.493. The van der Waals surface area contributed by atoms with Crippen LogP contribution >= 0.6 is 0 Å². The van der Waals surface area contributed by atoms with Crippen LogP contribution in [-0.4, -0.2) is 37.4 Å². The first-order valence-corrected chi connectivity index (χ1v) is 9.35. The van der Waals surface area contributed by atoms with Crippen LogP contribution in [0.2, 0.25) is 0 Å². The number of sulfonamides is 1. The molecule has 0 aliphatic carbocycles. The molecule has 1 amide bonds. The summed E-state index contributed by atoms with van der Waals surface area (Å²) in [6, 6.07) is 8.91. The largest absolute Gasteiger partial charge is 0.476 e. The zero-order valence-electron chi connectivity index (χ0n) is 14.4. The highest BCUT2D eigenvalue weighted by Gasteiger charge is 2.18. The first-order chi connectivity index (χ1) is 12.7. The molecule has 1 aromatic heterocycles. The molecule has 0 saturated carbocycles. The van der Waals surface area contributed by atoms with Crippen LogP contribution in [-0.2, 0) is 21.2 Å². The molecule has 3 N–H and O–H groups in total. The minimum Gasteiger partial charge on any atom is -0.476 e. The van der Waals surface area contributed by atoms with Crippen molar-refractivity contribution in [3.63, 3.8) is 0 Å². The lowest BCUT2D eigenvalue weighted by Gasteiger charge is -2.08. The van der Waals surface area contributed by atoms with Gasteiger partial charge in [0.05, 0.1) is 4.90 Å². The number of carbonyl (C=O) groups excluding carboxylic acids is 1. The lowest BCUT2D eigenvalue weighted by atomic mass is 10.1. The Labute approximate surface area is 155 Å². The summed E-state index contributed by atoms with van der Waals surface area (Å²) in [6.07, 6.45) is 0.461. The van der Waals surface area contributed by atoms with Gasteiger partial charge in [-0.05, 0) is 46.2 Å². The predicted molar refractivity (Wildman–Crippen MR) is 95.7 cm³/mol. The van der Waals surface area contributed by atoms with Crippen molar-refractivity contribution in [2.75, 3.05) is 13.2 Å². The third-order valence-corrected chi connectivity index (χ3v) is 4.43. The van der Waals surface area contributed by atoms with Gasteiger partial charge in [-0.1, -0.05) is 12.1 Å². The number of nitrogens with zero attached hydrogens (tertiary/aromatic N) is 2. The predicted octanol–water partition coefficient (Wildman–Crippen LogP) is 0.683. The lowest BCUT2D eigenvalue weighted by molar-refractivity contribution is -0.390. The highest BCUT2D eigenvalue weighted by Crippen LogP contribution is 2.24. The second kappa shape index (κ2) is 8.56. The number of nitro groups is 1. The first kappa shape index (κ1) is 20.3. The van der Waals surface area contributed by atoms with E-state index in [1.165, 1.54) is 18.2 Å². The van der Waals surface area contributed by atoms with E-state index in [2.05, 4.69) is 10.3 Å².